The number of nitrogens with one attached hydrogen (secondary N) is 1. The van der Waals surface area contributed by atoms with Crippen molar-refractivity contribution in [3.8, 4) is 0 Å². The van der Waals surface area contributed by atoms with E-state index in [4.69, 9.17) is 0 Å². The molecule has 2 heterocycles. The molecule has 30 heavy (non-hydrogen) atoms. The van der Waals surface area contributed by atoms with E-state index < -0.39 is 10.0 Å². The number of aryl methyl sites for hydroxylation is 1. The van der Waals surface area contributed by atoms with E-state index in [0.717, 1.165) is 55.9 Å². The maximum Gasteiger partial charge on any atom is 0.229 e. The summed E-state index contributed by atoms with van der Waals surface area (Å²) < 4.78 is 25.4. The minimum Gasteiger partial charge on any atom is -0.368 e. The van der Waals surface area contributed by atoms with Crippen molar-refractivity contribution >= 4 is 32.3 Å². The minimum atomic E-state index is -3.25. The number of hydrogen-bond acceptors (Lipinski definition) is 5. The van der Waals surface area contributed by atoms with E-state index in [1.807, 2.05) is 19.1 Å². The van der Waals surface area contributed by atoms with E-state index in [9.17, 15) is 8.42 Å². The van der Waals surface area contributed by atoms with Crippen molar-refractivity contribution in [3.05, 3.63) is 65.9 Å². The van der Waals surface area contributed by atoms with Gasteiger partial charge in [0, 0.05) is 55.2 Å². The lowest BCUT2D eigenvalue weighted by atomic mass is 10.1. The van der Waals surface area contributed by atoms with Crippen LogP contribution < -0.4 is 9.62 Å². The third-order valence-electron chi connectivity index (χ3n) is 5.51. The van der Waals surface area contributed by atoms with Gasteiger partial charge in [-0.3, -0.25) is 14.6 Å². The van der Waals surface area contributed by atoms with Crippen molar-refractivity contribution in [1.29, 1.82) is 0 Å². The van der Waals surface area contributed by atoms with Gasteiger partial charge in [0.2, 0.25) is 10.0 Å². The molecular weight excluding hydrogens is 396 g/mol. The largest absolute Gasteiger partial charge is 0.368 e. The molecule has 0 atom stereocenters. The third kappa shape index (κ3) is 5.09. The number of sulfonamides is 1. The minimum absolute atomic E-state index is 0.625. The van der Waals surface area contributed by atoms with Crippen LogP contribution in [0.15, 0.2) is 54.6 Å². The Kier molecular flexibility index (Phi) is 5.92. The smallest absolute Gasteiger partial charge is 0.229 e. The highest BCUT2D eigenvalue weighted by atomic mass is 32.2. The molecule has 1 fully saturated rings. The Bertz CT molecular complexity index is 1140. The Hall–Kier alpha value is -2.64. The molecule has 1 saturated heterocycles. The fourth-order valence-electron chi connectivity index (χ4n) is 4.02. The molecule has 0 saturated carbocycles. The van der Waals surface area contributed by atoms with Crippen LogP contribution in [-0.4, -0.2) is 57.3 Å². The number of piperazine rings is 1. The zero-order chi connectivity index (χ0) is 21.1. The maximum absolute atomic E-state index is 11.4. The van der Waals surface area contributed by atoms with E-state index in [0.29, 0.717) is 5.69 Å². The van der Waals surface area contributed by atoms with E-state index in [1.165, 1.54) is 17.3 Å². The monoisotopic (exact) mass is 424 g/mol. The van der Waals surface area contributed by atoms with Crippen LogP contribution in [0.5, 0.6) is 0 Å². The molecule has 2 aromatic carbocycles. The Morgan fingerprint density at radius 2 is 1.77 bits per heavy atom. The summed E-state index contributed by atoms with van der Waals surface area (Å²) in [6, 6.07) is 18.3. The van der Waals surface area contributed by atoms with Gasteiger partial charge < -0.3 is 4.90 Å². The first-order chi connectivity index (χ1) is 14.4. The molecule has 0 amide bonds. The first-order valence-corrected chi connectivity index (χ1v) is 12.2. The van der Waals surface area contributed by atoms with Crippen LogP contribution in [0.3, 0.4) is 0 Å². The highest BCUT2D eigenvalue weighted by Gasteiger charge is 2.18. The fraction of sp³-hybridized carbons (Fsp3) is 0.348. The molecule has 3 aromatic rings. The molecule has 158 valence electrons. The number of pyridine rings is 1. The van der Waals surface area contributed by atoms with E-state index in [-0.39, 0.29) is 0 Å². The van der Waals surface area contributed by atoms with Crippen molar-refractivity contribution in [3.63, 3.8) is 0 Å². The van der Waals surface area contributed by atoms with Gasteiger partial charge in [-0.1, -0.05) is 18.2 Å². The second-order valence-electron chi connectivity index (χ2n) is 7.95. The molecule has 1 aliphatic rings. The van der Waals surface area contributed by atoms with Gasteiger partial charge in [0.25, 0.3) is 0 Å². The third-order valence-corrected chi connectivity index (χ3v) is 6.11. The highest BCUT2D eigenvalue weighted by molar-refractivity contribution is 7.92. The van der Waals surface area contributed by atoms with Gasteiger partial charge in [-0.05, 0) is 55.3 Å². The van der Waals surface area contributed by atoms with Gasteiger partial charge in [0.1, 0.15) is 0 Å². The predicted molar refractivity (Wildman–Crippen MR) is 124 cm³/mol. The molecule has 0 spiro atoms. The topological polar surface area (TPSA) is 65.5 Å². The lowest BCUT2D eigenvalue weighted by Crippen LogP contribution is -2.47. The molecule has 0 unspecified atom stereocenters. The van der Waals surface area contributed by atoms with Crippen LogP contribution in [0.25, 0.3) is 10.9 Å². The number of rotatable bonds is 6. The number of anilines is 2. The summed E-state index contributed by atoms with van der Waals surface area (Å²) in [4.78, 5) is 9.58. The van der Waals surface area contributed by atoms with Crippen molar-refractivity contribution in [2.75, 3.05) is 48.6 Å². The summed E-state index contributed by atoms with van der Waals surface area (Å²) in [6.07, 6.45) is 2.07. The molecule has 0 bridgehead atoms. The Morgan fingerprint density at radius 1 is 1.00 bits per heavy atom. The van der Waals surface area contributed by atoms with Crippen LogP contribution in [-0.2, 0) is 16.4 Å². The summed E-state index contributed by atoms with van der Waals surface area (Å²) in [7, 11) is -3.25. The summed E-state index contributed by atoms with van der Waals surface area (Å²) in [5, 5.41) is 1.21. The zero-order valence-electron chi connectivity index (χ0n) is 17.5. The first-order valence-electron chi connectivity index (χ1n) is 10.3. The van der Waals surface area contributed by atoms with Crippen molar-refractivity contribution in [2.24, 2.45) is 0 Å². The summed E-state index contributed by atoms with van der Waals surface area (Å²) >= 11 is 0. The maximum atomic E-state index is 11.4. The summed E-state index contributed by atoms with van der Waals surface area (Å²) in [6.45, 7) is 6.99. The predicted octanol–water partition coefficient (Wildman–Crippen LogP) is 3.28. The van der Waals surface area contributed by atoms with Gasteiger partial charge in [-0.25, -0.2) is 8.42 Å². The number of nitrogens with zero attached hydrogens (tertiary/aromatic N) is 3. The molecule has 0 aliphatic carbocycles. The fourth-order valence-corrected chi connectivity index (χ4v) is 4.58. The van der Waals surface area contributed by atoms with Crippen LogP contribution in [0.4, 0.5) is 11.4 Å². The zero-order valence-corrected chi connectivity index (χ0v) is 18.3. The summed E-state index contributed by atoms with van der Waals surface area (Å²) in [5.41, 5.74) is 5.12. The average Bonchev–Trinajstić information content (AvgIpc) is 2.71. The van der Waals surface area contributed by atoms with E-state index in [2.05, 4.69) is 55.9 Å². The number of hydrogen-bond donors (Lipinski definition) is 1. The van der Waals surface area contributed by atoms with Crippen LogP contribution >= 0.6 is 0 Å². The van der Waals surface area contributed by atoms with Crippen LogP contribution in [0, 0.1) is 6.92 Å². The van der Waals surface area contributed by atoms with Crippen LogP contribution in [0.2, 0.25) is 0 Å². The van der Waals surface area contributed by atoms with E-state index in [1.54, 1.807) is 6.07 Å². The highest BCUT2D eigenvalue weighted by Crippen LogP contribution is 2.27. The lowest BCUT2D eigenvalue weighted by molar-refractivity contribution is 0.261. The van der Waals surface area contributed by atoms with Crippen LogP contribution in [0.1, 0.15) is 11.3 Å². The second-order valence-corrected chi connectivity index (χ2v) is 9.70. The Labute approximate surface area is 178 Å². The molecule has 0 radical (unpaired) electrons. The first kappa shape index (κ1) is 20.6. The standard InChI is InChI=1S/C23H28N4O2S/c1-18-9-10-21-22(24-18)7-4-8-23(21)27-15-13-26(14-16-27)12-11-19-5-3-6-20(17-19)25-30(2,28)29/h3-10,17,25H,11-16H2,1-2H3. The molecule has 1 N–H and O–H groups in total. The molecular formula is C23H28N4O2S. The number of benzene rings is 2. The second kappa shape index (κ2) is 8.62. The number of fused-ring (bicyclic) bond motifs is 1. The Balaban J connectivity index is 1.35. The molecule has 4 rings (SSSR count). The Morgan fingerprint density at radius 3 is 2.53 bits per heavy atom. The van der Waals surface area contributed by atoms with E-state index >= 15 is 0 Å². The molecule has 7 heteroatoms. The van der Waals surface area contributed by atoms with Crippen molar-refractivity contribution in [1.82, 2.24) is 9.88 Å². The van der Waals surface area contributed by atoms with Gasteiger partial charge in [0.15, 0.2) is 0 Å². The van der Waals surface area contributed by atoms with Gasteiger partial charge >= 0.3 is 0 Å². The SMILES string of the molecule is Cc1ccc2c(N3CCN(CCc4cccc(NS(C)(=O)=O)c4)CC3)cccc2n1. The van der Waals surface area contributed by atoms with Gasteiger partial charge in [-0.15, -0.1) is 0 Å². The van der Waals surface area contributed by atoms with Gasteiger partial charge in [0.05, 0.1) is 11.8 Å². The van der Waals surface area contributed by atoms with Crippen molar-refractivity contribution < 1.29 is 8.42 Å². The summed E-state index contributed by atoms with van der Waals surface area (Å²) in [5.74, 6) is 0. The lowest BCUT2D eigenvalue weighted by Gasteiger charge is -2.36. The quantitative estimate of drug-likeness (QED) is 0.658. The normalized spacial score (nSPS) is 15.5. The molecule has 1 aromatic heterocycles. The van der Waals surface area contributed by atoms with Gasteiger partial charge in [-0.2, -0.15) is 0 Å². The van der Waals surface area contributed by atoms with Crippen molar-refractivity contribution in [2.45, 2.75) is 13.3 Å². The average molecular weight is 425 g/mol. The number of aromatic nitrogens is 1. The molecule has 1 aliphatic heterocycles. The molecule has 6 nitrogen and oxygen atoms in total.